The normalized spacial score (nSPS) is 19.2. The first-order valence-electron chi connectivity index (χ1n) is 7.82. The molecule has 2 rings (SSSR count). The van der Waals surface area contributed by atoms with Crippen LogP contribution >= 0.6 is 11.8 Å². The number of rotatable bonds is 7. The summed E-state index contributed by atoms with van der Waals surface area (Å²) in [7, 11) is -2.84. The van der Waals surface area contributed by atoms with Gasteiger partial charge in [0.05, 0.1) is 16.8 Å². The number of hydrogen-bond acceptors (Lipinski definition) is 5. The highest BCUT2D eigenvalue weighted by Gasteiger charge is 2.21. The number of carbonyl (C=O) groups is 1. The van der Waals surface area contributed by atoms with Crippen LogP contribution < -0.4 is 5.32 Å². The Balaban J connectivity index is 1.62. The molecule has 1 aromatic rings. The van der Waals surface area contributed by atoms with Gasteiger partial charge in [0.2, 0.25) is 5.91 Å². The minimum absolute atomic E-state index is 0.0376. The van der Waals surface area contributed by atoms with Crippen LogP contribution in [0.1, 0.15) is 12.5 Å². The third kappa shape index (κ3) is 6.53. The van der Waals surface area contributed by atoms with E-state index in [4.69, 9.17) is 0 Å². The van der Waals surface area contributed by atoms with Gasteiger partial charge in [-0.2, -0.15) is 0 Å². The Morgan fingerprint density at radius 2 is 1.91 bits per heavy atom. The zero-order chi connectivity index (χ0) is 16.7. The summed E-state index contributed by atoms with van der Waals surface area (Å²) in [6, 6.07) is 10.1. The van der Waals surface area contributed by atoms with Gasteiger partial charge in [-0.15, -0.1) is 11.8 Å². The monoisotopic (exact) mass is 356 g/mol. The molecule has 1 atom stereocenters. The second kappa shape index (κ2) is 8.70. The summed E-state index contributed by atoms with van der Waals surface area (Å²) < 4.78 is 22.7. The van der Waals surface area contributed by atoms with Crippen molar-refractivity contribution in [2.24, 2.45) is 0 Å². The summed E-state index contributed by atoms with van der Waals surface area (Å²) in [5.41, 5.74) is 1.21. The molecule has 1 saturated heterocycles. The highest BCUT2D eigenvalue weighted by atomic mass is 32.2. The van der Waals surface area contributed by atoms with Crippen molar-refractivity contribution in [3.63, 3.8) is 0 Å². The summed E-state index contributed by atoms with van der Waals surface area (Å²) in [5, 5.41) is 2.84. The number of sulfone groups is 1. The third-order valence-electron chi connectivity index (χ3n) is 3.88. The van der Waals surface area contributed by atoms with Gasteiger partial charge in [0.1, 0.15) is 0 Å². The van der Waals surface area contributed by atoms with Crippen molar-refractivity contribution in [2.45, 2.75) is 17.9 Å². The minimum atomic E-state index is -2.84. The molecule has 23 heavy (non-hydrogen) atoms. The average Bonchev–Trinajstić information content (AvgIpc) is 2.55. The Hall–Kier alpha value is -1.05. The van der Waals surface area contributed by atoms with Gasteiger partial charge in [-0.05, 0) is 12.5 Å². The van der Waals surface area contributed by atoms with E-state index in [1.165, 1.54) is 5.56 Å². The number of carbonyl (C=O) groups excluding carboxylic acids is 1. The number of thioether (sulfide) groups is 1. The Morgan fingerprint density at radius 3 is 2.57 bits per heavy atom. The van der Waals surface area contributed by atoms with Crippen LogP contribution in [0.3, 0.4) is 0 Å². The van der Waals surface area contributed by atoms with Crippen molar-refractivity contribution in [3.05, 3.63) is 35.9 Å². The molecule has 1 aliphatic heterocycles. The zero-order valence-electron chi connectivity index (χ0n) is 13.4. The molecule has 5 nitrogen and oxygen atoms in total. The fraction of sp³-hybridized carbons (Fsp3) is 0.562. The number of hydrogen-bond donors (Lipinski definition) is 1. The lowest BCUT2D eigenvalue weighted by Gasteiger charge is -2.26. The van der Waals surface area contributed by atoms with Crippen LogP contribution in [0.15, 0.2) is 30.3 Å². The molecule has 0 bridgehead atoms. The van der Waals surface area contributed by atoms with Gasteiger partial charge in [-0.25, -0.2) is 8.42 Å². The smallest absolute Gasteiger partial charge is 0.232 e. The van der Waals surface area contributed by atoms with Crippen molar-refractivity contribution in [2.75, 3.05) is 37.7 Å². The van der Waals surface area contributed by atoms with Gasteiger partial charge in [-0.1, -0.05) is 30.3 Å². The van der Waals surface area contributed by atoms with E-state index in [9.17, 15) is 13.2 Å². The number of nitrogens with one attached hydrogen (secondary N) is 1. The molecule has 7 heteroatoms. The van der Waals surface area contributed by atoms with Gasteiger partial charge >= 0.3 is 0 Å². The van der Waals surface area contributed by atoms with Gasteiger partial charge in [0.25, 0.3) is 0 Å². The summed E-state index contributed by atoms with van der Waals surface area (Å²) in [6.07, 6.45) is 0. The highest BCUT2D eigenvalue weighted by Crippen LogP contribution is 2.17. The second-order valence-corrected chi connectivity index (χ2v) is 9.36. The SMILES string of the molecule is CC(SCc1ccccc1)C(=O)NCCN1CCS(=O)(=O)CC1. The molecule has 1 N–H and O–H groups in total. The van der Waals surface area contributed by atoms with E-state index in [0.29, 0.717) is 26.2 Å². The lowest BCUT2D eigenvalue weighted by molar-refractivity contribution is -0.120. The van der Waals surface area contributed by atoms with Crippen LogP contribution in [0.4, 0.5) is 0 Å². The Kier molecular flexibility index (Phi) is 6.92. The van der Waals surface area contributed by atoms with Crippen LogP contribution in [0.5, 0.6) is 0 Å². The van der Waals surface area contributed by atoms with Crippen molar-refractivity contribution in [1.82, 2.24) is 10.2 Å². The maximum Gasteiger partial charge on any atom is 0.232 e. The molecule has 1 aromatic carbocycles. The molecule has 1 amide bonds. The largest absolute Gasteiger partial charge is 0.354 e. The van der Waals surface area contributed by atoms with Crippen LogP contribution in [0.2, 0.25) is 0 Å². The maximum atomic E-state index is 12.1. The fourth-order valence-corrected chi connectivity index (χ4v) is 4.47. The Bertz CT molecular complexity index is 591. The second-order valence-electron chi connectivity index (χ2n) is 5.72. The van der Waals surface area contributed by atoms with Crippen molar-refractivity contribution in [3.8, 4) is 0 Å². The standard InChI is InChI=1S/C16H24N2O3S2/c1-14(22-13-15-5-3-2-4-6-15)16(19)17-7-8-18-9-11-23(20,21)12-10-18/h2-6,14H,7-13H2,1H3,(H,17,19). The first-order valence-corrected chi connectivity index (χ1v) is 10.7. The Morgan fingerprint density at radius 1 is 1.26 bits per heavy atom. The minimum Gasteiger partial charge on any atom is -0.354 e. The lowest BCUT2D eigenvalue weighted by Crippen LogP contribution is -2.44. The predicted molar refractivity (Wildman–Crippen MR) is 95.3 cm³/mol. The molecule has 0 aromatic heterocycles. The van der Waals surface area contributed by atoms with Crippen molar-refractivity contribution < 1.29 is 13.2 Å². The Labute approximate surface area is 142 Å². The summed E-state index contributed by atoms with van der Waals surface area (Å²) in [4.78, 5) is 14.1. The number of nitrogens with zero attached hydrogens (tertiary/aromatic N) is 1. The highest BCUT2D eigenvalue weighted by molar-refractivity contribution is 7.99. The molecule has 0 aliphatic carbocycles. The lowest BCUT2D eigenvalue weighted by atomic mass is 10.2. The van der Waals surface area contributed by atoms with Crippen molar-refractivity contribution >= 4 is 27.5 Å². The van der Waals surface area contributed by atoms with Gasteiger partial charge in [0.15, 0.2) is 9.84 Å². The molecule has 0 saturated carbocycles. The van der Waals surface area contributed by atoms with E-state index in [1.807, 2.05) is 25.1 Å². The predicted octanol–water partition coefficient (Wildman–Crippen LogP) is 1.15. The third-order valence-corrected chi connectivity index (χ3v) is 6.70. The van der Waals surface area contributed by atoms with Crippen molar-refractivity contribution in [1.29, 1.82) is 0 Å². The molecule has 0 radical (unpaired) electrons. The number of benzene rings is 1. The van der Waals surface area contributed by atoms with Gasteiger partial charge < -0.3 is 5.32 Å². The molecule has 1 fully saturated rings. The molecule has 1 unspecified atom stereocenters. The maximum absolute atomic E-state index is 12.1. The van der Waals surface area contributed by atoms with E-state index in [2.05, 4.69) is 22.3 Å². The first kappa shape index (κ1) is 18.3. The first-order chi connectivity index (χ1) is 11.0. The van der Waals surface area contributed by atoms with Gasteiger partial charge in [-0.3, -0.25) is 9.69 Å². The molecular weight excluding hydrogens is 332 g/mol. The molecule has 1 heterocycles. The molecule has 128 valence electrons. The van der Waals surface area contributed by atoms with Crippen LogP contribution in [-0.2, 0) is 20.4 Å². The summed E-state index contributed by atoms with van der Waals surface area (Å²) in [6.45, 7) is 4.32. The quantitative estimate of drug-likeness (QED) is 0.794. The van der Waals surface area contributed by atoms with Crippen LogP contribution in [-0.4, -0.2) is 62.2 Å². The van der Waals surface area contributed by atoms with Crippen LogP contribution in [0, 0.1) is 0 Å². The number of amides is 1. The van der Waals surface area contributed by atoms with E-state index in [1.54, 1.807) is 11.8 Å². The zero-order valence-corrected chi connectivity index (χ0v) is 15.0. The van der Waals surface area contributed by atoms with E-state index >= 15 is 0 Å². The summed E-state index contributed by atoms with van der Waals surface area (Å²) >= 11 is 1.62. The van der Waals surface area contributed by atoms with Crippen LogP contribution in [0.25, 0.3) is 0 Å². The average molecular weight is 357 g/mol. The molecule has 0 spiro atoms. The van der Waals surface area contributed by atoms with E-state index < -0.39 is 9.84 Å². The molecular formula is C16H24N2O3S2. The van der Waals surface area contributed by atoms with E-state index in [-0.39, 0.29) is 22.7 Å². The van der Waals surface area contributed by atoms with Gasteiger partial charge in [0, 0.05) is 31.9 Å². The summed E-state index contributed by atoms with van der Waals surface area (Å²) in [5.74, 6) is 1.31. The fourth-order valence-electron chi connectivity index (χ4n) is 2.33. The topological polar surface area (TPSA) is 66.5 Å². The van der Waals surface area contributed by atoms with E-state index in [0.717, 1.165) is 5.75 Å². The molecule has 1 aliphatic rings.